The van der Waals surface area contributed by atoms with Crippen LogP contribution in [0.1, 0.15) is 12.8 Å². The van der Waals surface area contributed by atoms with E-state index >= 15 is 0 Å². The number of nitrogens with one attached hydrogen (secondary N) is 1. The second-order valence-corrected chi connectivity index (χ2v) is 5.35. The number of carbonyl (C=O) groups is 2. The minimum absolute atomic E-state index is 0.221. The van der Waals surface area contributed by atoms with E-state index in [0.717, 1.165) is 10.2 Å². The monoisotopic (exact) mass is 312 g/mol. The smallest absolute Gasteiger partial charge is 0.306 e. The van der Waals surface area contributed by atoms with Gasteiger partial charge in [0.2, 0.25) is 5.91 Å². The molecule has 0 saturated heterocycles. The van der Waals surface area contributed by atoms with E-state index in [1.165, 1.54) is 0 Å². The van der Waals surface area contributed by atoms with Crippen molar-refractivity contribution in [1.29, 1.82) is 0 Å². The Morgan fingerprint density at radius 2 is 2.00 bits per heavy atom. The van der Waals surface area contributed by atoms with Crippen LogP contribution in [-0.2, 0) is 9.59 Å². The quantitative estimate of drug-likeness (QED) is 0.787. The molecule has 0 atom stereocenters. The number of rotatable bonds is 4. The lowest BCUT2D eigenvalue weighted by molar-refractivity contribution is -0.148. The van der Waals surface area contributed by atoms with E-state index in [1.807, 2.05) is 24.3 Å². The fraction of sp³-hybridized carbons (Fsp3) is 0.333. The van der Waals surface area contributed by atoms with Crippen molar-refractivity contribution in [2.45, 2.75) is 18.4 Å². The first kappa shape index (κ1) is 12.9. The number of amides is 1. The molecule has 1 fully saturated rings. The summed E-state index contributed by atoms with van der Waals surface area (Å²) < 4.78 is 0.810. The average Bonchev–Trinajstić information content (AvgIpc) is 2.24. The lowest BCUT2D eigenvalue weighted by atomic mass is 9.67. The Balaban J connectivity index is 2.17. The summed E-state index contributed by atoms with van der Waals surface area (Å²) in [6.07, 6.45) is 0.442. The van der Waals surface area contributed by atoms with Crippen molar-refractivity contribution in [3.63, 3.8) is 0 Å². The molecule has 0 aliphatic heterocycles. The van der Waals surface area contributed by atoms with Gasteiger partial charge in [0, 0.05) is 10.2 Å². The summed E-state index contributed by atoms with van der Waals surface area (Å²) in [5.74, 6) is -1.91. The lowest BCUT2D eigenvalue weighted by Gasteiger charge is -2.44. The molecule has 0 bridgehead atoms. The molecule has 0 heterocycles. The molecule has 96 valence electrons. The molecular weight excluding hydrogens is 300 g/mol. The molecule has 1 saturated carbocycles. The summed E-state index contributed by atoms with van der Waals surface area (Å²) in [7, 11) is 0. The van der Waals surface area contributed by atoms with Gasteiger partial charge in [-0.2, -0.15) is 0 Å². The van der Waals surface area contributed by atoms with Crippen LogP contribution in [0.15, 0.2) is 28.7 Å². The molecule has 18 heavy (non-hydrogen) atoms. The molecule has 1 amide bonds. The van der Waals surface area contributed by atoms with Crippen LogP contribution >= 0.6 is 15.9 Å². The van der Waals surface area contributed by atoms with Crippen LogP contribution in [0.3, 0.4) is 0 Å². The van der Waals surface area contributed by atoms with Crippen molar-refractivity contribution in [2.24, 2.45) is 11.7 Å². The van der Waals surface area contributed by atoms with Gasteiger partial charge in [-0.15, -0.1) is 0 Å². The van der Waals surface area contributed by atoms with Gasteiger partial charge in [-0.1, -0.05) is 12.1 Å². The first-order valence-corrected chi connectivity index (χ1v) is 6.29. The minimum atomic E-state index is -0.951. The highest BCUT2D eigenvalue weighted by molar-refractivity contribution is 9.10. The standard InChI is InChI=1S/C12H13BrN2O3/c13-8-3-1-2-4-9(8)15-12(11(14)18)5-7(6-12)10(16)17/h1-4,7,15H,5-6H2,(H2,14,18)(H,16,17). The number of halogens is 1. The van der Waals surface area contributed by atoms with Crippen molar-refractivity contribution in [3.05, 3.63) is 28.7 Å². The molecule has 6 heteroatoms. The van der Waals surface area contributed by atoms with Gasteiger partial charge >= 0.3 is 5.97 Å². The number of carbonyl (C=O) groups excluding carboxylic acids is 1. The number of hydrogen-bond donors (Lipinski definition) is 3. The zero-order chi connectivity index (χ0) is 13.3. The predicted octanol–water partition coefficient (Wildman–Crippen LogP) is 1.58. The molecule has 0 radical (unpaired) electrons. The van der Waals surface area contributed by atoms with Crippen molar-refractivity contribution in [2.75, 3.05) is 5.32 Å². The Morgan fingerprint density at radius 1 is 1.39 bits per heavy atom. The van der Waals surface area contributed by atoms with Gasteiger partial charge in [-0.05, 0) is 40.9 Å². The van der Waals surface area contributed by atoms with Crippen LogP contribution in [-0.4, -0.2) is 22.5 Å². The van der Waals surface area contributed by atoms with Gasteiger partial charge < -0.3 is 16.2 Å². The summed E-state index contributed by atoms with van der Waals surface area (Å²) in [5.41, 5.74) is 5.17. The van der Waals surface area contributed by atoms with Crippen LogP contribution in [0.25, 0.3) is 0 Å². The number of hydrogen-bond acceptors (Lipinski definition) is 3. The maximum atomic E-state index is 11.5. The molecule has 1 aromatic carbocycles. The van der Waals surface area contributed by atoms with E-state index in [9.17, 15) is 9.59 Å². The normalized spacial score (nSPS) is 26.2. The maximum absolute atomic E-state index is 11.5. The zero-order valence-electron chi connectivity index (χ0n) is 9.52. The Bertz CT molecular complexity index is 498. The van der Waals surface area contributed by atoms with Gasteiger partial charge in [-0.25, -0.2) is 0 Å². The Hall–Kier alpha value is -1.56. The van der Waals surface area contributed by atoms with Crippen molar-refractivity contribution in [3.8, 4) is 0 Å². The van der Waals surface area contributed by atoms with Crippen LogP contribution in [0, 0.1) is 5.92 Å². The number of anilines is 1. The van der Waals surface area contributed by atoms with Crippen LogP contribution in [0.2, 0.25) is 0 Å². The molecule has 0 unspecified atom stereocenters. The van der Waals surface area contributed by atoms with Crippen molar-refractivity contribution >= 4 is 33.5 Å². The number of carboxylic acid groups (broad SMARTS) is 1. The molecule has 2 rings (SSSR count). The van der Waals surface area contributed by atoms with Crippen LogP contribution in [0.5, 0.6) is 0 Å². The zero-order valence-corrected chi connectivity index (χ0v) is 11.1. The Morgan fingerprint density at radius 3 is 2.50 bits per heavy atom. The van der Waals surface area contributed by atoms with E-state index in [1.54, 1.807) is 0 Å². The van der Waals surface area contributed by atoms with E-state index in [0.29, 0.717) is 0 Å². The SMILES string of the molecule is NC(=O)C1(Nc2ccccc2Br)CC(C(=O)O)C1. The first-order valence-electron chi connectivity index (χ1n) is 5.50. The Labute approximate surface area is 112 Å². The highest BCUT2D eigenvalue weighted by atomic mass is 79.9. The number of aliphatic carboxylic acids is 1. The fourth-order valence-corrected chi connectivity index (χ4v) is 2.53. The number of nitrogens with two attached hydrogens (primary N) is 1. The first-order chi connectivity index (χ1) is 8.44. The molecular formula is C12H13BrN2O3. The number of carboxylic acids is 1. The van der Waals surface area contributed by atoms with E-state index < -0.39 is 23.3 Å². The average molecular weight is 313 g/mol. The van der Waals surface area contributed by atoms with Gasteiger partial charge in [0.05, 0.1) is 5.92 Å². The van der Waals surface area contributed by atoms with Crippen LogP contribution < -0.4 is 11.1 Å². The summed E-state index contributed by atoms with van der Waals surface area (Å²) >= 11 is 3.36. The molecule has 0 spiro atoms. The third kappa shape index (κ3) is 2.20. The lowest BCUT2D eigenvalue weighted by Crippen LogP contribution is -2.60. The highest BCUT2D eigenvalue weighted by Crippen LogP contribution is 2.41. The largest absolute Gasteiger partial charge is 0.481 e. The molecule has 1 aromatic rings. The minimum Gasteiger partial charge on any atom is -0.481 e. The third-order valence-electron chi connectivity index (χ3n) is 3.26. The molecule has 1 aliphatic rings. The molecule has 1 aliphatic carbocycles. The number of primary amides is 1. The predicted molar refractivity (Wildman–Crippen MR) is 70.0 cm³/mol. The topological polar surface area (TPSA) is 92.4 Å². The summed E-state index contributed by atoms with van der Waals surface area (Å²) in [5, 5.41) is 11.9. The molecule has 0 aromatic heterocycles. The fourth-order valence-electron chi connectivity index (χ4n) is 2.14. The summed E-state index contributed by atoms with van der Waals surface area (Å²) in [6, 6.07) is 7.33. The van der Waals surface area contributed by atoms with Gasteiger partial charge in [-0.3, -0.25) is 9.59 Å². The summed E-state index contributed by atoms with van der Waals surface area (Å²) in [6.45, 7) is 0. The second kappa shape index (κ2) is 4.61. The molecule has 4 N–H and O–H groups in total. The van der Waals surface area contributed by atoms with Crippen molar-refractivity contribution < 1.29 is 14.7 Å². The number of para-hydroxylation sites is 1. The van der Waals surface area contributed by atoms with E-state index in [-0.39, 0.29) is 12.8 Å². The molecule has 5 nitrogen and oxygen atoms in total. The van der Waals surface area contributed by atoms with Gasteiger partial charge in [0.15, 0.2) is 0 Å². The van der Waals surface area contributed by atoms with Gasteiger partial charge in [0.25, 0.3) is 0 Å². The highest BCUT2D eigenvalue weighted by Gasteiger charge is 2.52. The third-order valence-corrected chi connectivity index (χ3v) is 3.95. The van der Waals surface area contributed by atoms with Crippen LogP contribution in [0.4, 0.5) is 5.69 Å². The van der Waals surface area contributed by atoms with E-state index in [2.05, 4.69) is 21.2 Å². The second-order valence-electron chi connectivity index (χ2n) is 4.49. The van der Waals surface area contributed by atoms with E-state index in [4.69, 9.17) is 10.8 Å². The Kier molecular flexibility index (Phi) is 3.30. The summed E-state index contributed by atoms with van der Waals surface area (Å²) in [4.78, 5) is 22.4. The van der Waals surface area contributed by atoms with Gasteiger partial charge in [0.1, 0.15) is 5.54 Å². The van der Waals surface area contributed by atoms with Crippen molar-refractivity contribution in [1.82, 2.24) is 0 Å². The number of benzene rings is 1. The maximum Gasteiger partial charge on any atom is 0.306 e.